The summed E-state index contributed by atoms with van der Waals surface area (Å²) in [5.41, 5.74) is 8.72. The number of nitrogens with zero attached hydrogens (tertiary/aromatic N) is 1. The monoisotopic (exact) mass is 824 g/mol. The Hall–Kier alpha value is -6.18. The average Bonchev–Trinajstić information content (AvgIpc) is 3.81. The van der Waals surface area contributed by atoms with Crippen molar-refractivity contribution in [2.24, 2.45) is 0 Å². The van der Waals surface area contributed by atoms with Gasteiger partial charge < -0.3 is 4.57 Å². The number of aromatic nitrogens is 1. The summed E-state index contributed by atoms with van der Waals surface area (Å²) in [7, 11) is 0. The van der Waals surface area contributed by atoms with Crippen molar-refractivity contribution < 1.29 is 0 Å². The van der Waals surface area contributed by atoms with Crippen LogP contribution in [0.25, 0.3) is 64.9 Å². The fraction of sp³-hybridized carbons (Fsp3) is 0.258. The van der Waals surface area contributed by atoms with Crippen molar-refractivity contribution in [2.75, 3.05) is 0 Å². The molecule has 0 fully saturated rings. The molecule has 63 heavy (non-hydrogen) atoms. The lowest BCUT2D eigenvalue weighted by Gasteiger charge is -2.16. The van der Waals surface area contributed by atoms with E-state index in [1.165, 1.54) is 100.0 Å². The third-order valence-electron chi connectivity index (χ3n) is 14.2. The van der Waals surface area contributed by atoms with E-state index in [-0.39, 0.29) is 0 Å². The Kier molecular flexibility index (Phi) is 13.4. The van der Waals surface area contributed by atoms with Gasteiger partial charge in [-0.3, -0.25) is 0 Å². The largest absolute Gasteiger partial charge is 0.338 e. The SMILES string of the molecule is CC1c2cccc3cccc(c23)C1C.CCC(C)c1c2ccccc2cc2ccccc12.CCC(C)c1ccc2ccccc2c1.CCC(C)n1c2ccccc2c2ccccc21. The Morgan fingerprint density at radius 1 is 0.397 bits per heavy atom. The molecule has 10 aromatic rings. The third-order valence-corrected chi connectivity index (χ3v) is 14.2. The van der Waals surface area contributed by atoms with E-state index in [9.17, 15) is 0 Å². The van der Waals surface area contributed by atoms with E-state index in [0.717, 1.165) is 6.42 Å². The number of hydrogen-bond acceptors (Lipinski definition) is 0. The molecule has 1 nitrogen and oxygen atoms in total. The lowest BCUT2D eigenvalue weighted by Crippen LogP contribution is -2.02. The van der Waals surface area contributed by atoms with Crippen molar-refractivity contribution >= 4 is 64.9 Å². The first-order chi connectivity index (χ1) is 30.7. The lowest BCUT2D eigenvalue weighted by molar-refractivity contribution is 0.563. The maximum absolute atomic E-state index is 2.46. The number of benzene rings is 9. The van der Waals surface area contributed by atoms with Crippen LogP contribution in [0.4, 0.5) is 0 Å². The van der Waals surface area contributed by atoms with Gasteiger partial charge in [0.05, 0.1) is 0 Å². The van der Waals surface area contributed by atoms with Crippen LogP contribution in [0.1, 0.15) is 127 Å². The predicted octanol–water partition coefficient (Wildman–Crippen LogP) is 18.7. The molecule has 11 rings (SSSR count). The van der Waals surface area contributed by atoms with E-state index in [4.69, 9.17) is 0 Å². The third kappa shape index (κ3) is 8.76. The molecule has 5 atom stereocenters. The number of hydrogen-bond donors (Lipinski definition) is 0. The molecule has 0 bridgehead atoms. The van der Waals surface area contributed by atoms with Gasteiger partial charge in [0.2, 0.25) is 0 Å². The number of rotatable bonds is 6. The van der Waals surface area contributed by atoms with Gasteiger partial charge in [-0.2, -0.15) is 0 Å². The topological polar surface area (TPSA) is 4.93 Å². The second-order valence-corrected chi connectivity index (χ2v) is 18.0. The van der Waals surface area contributed by atoms with E-state index in [0.29, 0.717) is 29.7 Å². The van der Waals surface area contributed by atoms with E-state index >= 15 is 0 Å². The quantitative estimate of drug-likeness (QED) is 0.147. The molecule has 1 aliphatic carbocycles. The van der Waals surface area contributed by atoms with E-state index in [1.54, 1.807) is 0 Å². The van der Waals surface area contributed by atoms with Crippen molar-refractivity contribution in [3.63, 3.8) is 0 Å². The molecule has 0 aliphatic heterocycles. The molecule has 0 amide bonds. The Morgan fingerprint density at radius 2 is 0.841 bits per heavy atom. The molecule has 0 N–H and O–H groups in total. The minimum atomic E-state index is 0.541. The molecular formula is C62H65N. The molecule has 1 aromatic heterocycles. The molecular weight excluding hydrogens is 759 g/mol. The highest BCUT2D eigenvalue weighted by Gasteiger charge is 2.27. The van der Waals surface area contributed by atoms with Crippen molar-refractivity contribution in [3.8, 4) is 0 Å². The molecule has 0 spiro atoms. The summed E-state index contributed by atoms with van der Waals surface area (Å²) < 4.78 is 2.46. The van der Waals surface area contributed by atoms with Crippen LogP contribution in [0.15, 0.2) is 182 Å². The summed E-state index contributed by atoms with van der Waals surface area (Å²) in [5.74, 6) is 2.62. The van der Waals surface area contributed by atoms with Gasteiger partial charge in [0, 0.05) is 27.8 Å². The van der Waals surface area contributed by atoms with Gasteiger partial charge >= 0.3 is 0 Å². The van der Waals surface area contributed by atoms with Gasteiger partial charge in [-0.25, -0.2) is 0 Å². The molecule has 0 saturated carbocycles. The second-order valence-electron chi connectivity index (χ2n) is 18.0. The van der Waals surface area contributed by atoms with E-state index in [1.807, 2.05) is 0 Å². The highest BCUT2D eigenvalue weighted by atomic mass is 15.0. The molecule has 1 heterocycles. The maximum atomic E-state index is 2.46. The molecule has 318 valence electrons. The molecule has 0 saturated heterocycles. The van der Waals surface area contributed by atoms with Gasteiger partial charge in [-0.1, -0.05) is 212 Å². The predicted molar refractivity (Wildman–Crippen MR) is 278 cm³/mol. The zero-order valence-corrected chi connectivity index (χ0v) is 38.8. The molecule has 5 unspecified atom stereocenters. The van der Waals surface area contributed by atoms with Crippen LogP contribution in [0.2, 0.25) is 0 Å². The Balaban J connectivity index is 0.000000116. The molecule has 1 heteroatoms. The normalized spacial score (nSPS) is 15.6. The average molecular weight is 824 g/mol. The van der Waals surface area contributed by atoms with E-state index in [2.05, 4.69) is 242 Å². The molecule has 9 aromatic carbocycles. The van der Waals surface area contributed by atoms with Gasteiger partial charge in [0.25, 0.3) is 0 Å². The lowest BCUT2D eigenvalue weighted by atomic mass is 9.88. The van der Waals surface area contributed by atoms with E-state index < -0.39 is 0 Å². The summed E-state index contributed by atoms with van der Waals surface area (Å²) in [6.45, 7) is 18.3. The van der Waals surface area contributed by atoms with Crippen molar-refractivity contribution in [1.29, 1.82) is 0 Å². The van der Waals surface area contributed by atoms with Gasteiger partial charge in [0.1, 0.15) is 0 Å². The summed E-state index contributed by atoms with van der Waals surface area (Å²) in [6, 6.07) is 66.3. The molecule has 1 aliphatic rings. The molecule has 0 radical (unpaired) electrons. The Labute approximate surface area is 376 Å². The Morgan fingerprint density at radius 3 is 1.35 bits per heavy atom. The van der Waals surface area contributed by atoms with Gasteiger partial charge in [-0.05, 0) is 133 Å². The highest BCUT2D eigenvalue weighted by molar-refractivity contribution is 6.08. The summed E-state index contributed by atoms with van der Waals surface area (Å²) in [5, 5.41) is 13.8. The minimum absolute atomic E-state index is 0.541. The zero-order chi connectivity index (χ0) is 44.0. The first kappa shape index (κ1) is 43.5. The fourth-order valence-electron chi connectivity index (χ4n) is 9.84. The van der Waals surface area contributed by atoms with Crippen LogP contribution in [-0.2, 0) is 0 Å². The zero-order valence-electron chi connectivity index (χ0n) is 38.8. The first-order valence-electron chi connectivity index (χ1n) is 23.6. The van der Waals surface area contributed by atoms with Crippen LogP contribution >= 0.6 is 0 Å². The van der Waals surface area contributed by atoms with Crippen LogP contribution in [-0.4, -0.2) is 4.57 Å². The van der Waals surface area contributed by atoms with Crippen LogP contribution in [0, 0.1) is 0 Å². The second kappa shape index (κ2) is 19.5. The van der Waals surface area contributed by atoms with Crippen LogP contribution in [0.3, 0.4) is 0 Å². The maximum Gasteiger partial charge on any atom is 0.0493 e. The summed E-state index contributed by atoms with van der Waals surface area (Å²) in [4.78, 5) is 0. The van der Waals surface area contributed by atoms with Crippen LogP contribution in [0.5, 0.6) is 0 Å². The van der Waals surface area contributed by atoms with Gasteiger partial charge in [0.15, 0.2) is 0 Å². The standard InChI is InChI=1S/C18H18.C16H17N.C14H14.C14H16/c1-3-13(2)18-16-10-6-4-8-14(16)12-15-9-5-7-11-17(15)18;1-3-12(2)17-15-10-6-4-8-13(15)14-9-5-7-11-16(14)17;1-9-10(2)13-8-4-6-11-5-3-7-12(9)14(11)13;1-3-11(2)13-9-8-12-6-4-5-7-14(12)10-13/h4-13H,3H2,1-2H3;4-12H,3H2,1-2H3;3-10H,1-2H3;4-11H,3H2,1-2H3. The van der Waals surface area contributed by atoms with Gasteiger partial charge in [-0.15, -0.1) is 0 Å². The van der Waals surface area contributed by atoms with Crippen LogP contribution < -0.4 is 0 Å². The van der Waals surface area contributed by atoms with Crippen molar-refractivity contribution in [3.05, 3.63) is 204 Å². The first-order valence-corrected chi connectivity index (χ1v) is 23.6. The van der Waals surface area contributed by atoms with Crippen molar-refractivity contribution in [1.82, 2.24) is 4.57 Å². The van der Waals surface area contributed by atoms with Crippen molar-refractivity contribution in [2.45, 2.75) is 104 Å². The highest BCUT2D eigenvalue weighted by Crippen LogP contribution is 2.46. The smallest absolute Gasteiger partial charge is 0.0493 e. The summed E-state index contributed by atoms with van der Waals surface area (Å²) >= 11 is 0. The Bertz CT molecular complexity index is 2980. The minimum Gasteiger partial charge on any atom is -0.338 e. The number of para-hydroxylation sites is 2. The summed E-state index contributed by atoms with van der Waals surface area (Å²) in [6.07, 6.45) is 3.54. The number of fused-ring (bicyclic) bond motifs is 6. The fourth-order valence-corrected chi connectivity index (χ4v) is 9.84.